The van der Waals surface area contributed by atoms with Crippen LogP contribution in [0, 0.1) is 13.8 Å². The van der Waals surface area contributed by atoms with Crippen LogP contribution >= 0.6 is 0 Å². The fourth-order valence-corrected chi connectivity index (χ4v) is 8.24. The maximum absolute atomic E-state index is 13.9. The molecule has 0 saturated carbocycles. The normalized spacial score (nSPS) is 15.3. The first-order valence-electron chi connectivity index (χ1n) is 19.3. The number of nitrogens with zero attached hydrogens (tertiary/aromatic N) is 3. The third kappa shape index (κ3) is 6.80. The van der Waals surface area contributed by atoms with Crippen molar-refractivity contribution >= 4 is 34.8 Å². The van der Waals surface area contributed by atoms with E-state index in [2.05, 4.69) is 69.7 Å². The first kappa shape index (κ1) is 38.2. The smallest absolute Gasteiger partial charge is 0.321 e. The molecule has 0 aliphatic heterocycles. The summed E-state index contributed by atoms with van der Waals surface area (Å²) < 4.78 is 1.87. The molecule has 10 heteroatoms. The number of H-pyrrole nitrogens is 1. The molecule has 0 bridgehead atoms. The molecule has 0 radical (unpaired) electrons. The van der Waals surface area contributed by atoms with Gasteiger partial charge in [-0.15, -0.1) is 0 Å². The van der Waals surface area contributed by atoms with Gasteiger partial charge in [-0.05, 0) is 75.6 Å². The maximum atomic E-state index is 13.9. The summed E-state index contributed by atoms with van der Waals surface area (Å²) in [5.41, 5.74) is 12.3. The molecule has 0 saturated heterocycles. The molecule has 6 aromatic rings. The summed E-state index contributed by atoms with van der Waals surface area (Å²) in [6.45, 7) is 20.1. The number of nitrogens with one attached hydrogen (secondary N) is 5. The van der Waals surface area contributed by atoms with E-state index in [4.69, 9.17) is 4.98 Å². The van der Waals surface area contributed by atoms with E-state index < -0.39 is 18.1 Å². The Bertz CT molecular complexity index is 2780. The van der Waals surface area contributed by atoms with Crippen LogP contribution in [-0.2, 0) is 7.05 Å². The second-order valence-corrected chi connectivity index (χ2v) is 14.4. The van der Waals surface area contributed by atoms with E-state index in [1.807, 2.05) is 116 Å². The number of amides is 4. The lowest BCUT2D eigenvalue weighted by molar-refractivity contribution is 0.249. The van der Waals surface area contributed by atoms with Gasteiger partial charge in [0, 0.05) is 18.2 Å². The van der Waals surface area contributed by atoms with Gasteiger partial charge in [-0.2, -0.15) is 0 Å². The van der Waals surface area contributed by atoms with E-state index in [0.717, 1.165) is 72.6 Å². The van der Waals surface area contributed by atoms with Crippen molar-refractivity contribution in [2.45, 2.75) is 25.9 Å². The topological polar surface area (TPSA) is 129 Å². The minimum atomic E-state index is -0.497. The molecule has 0 spiro atoms. The molecule has 2 atom stereocenters. The molecule has 2 unspecified atom stereocenters. The number of fused-ring (bicyclic) bond motifs is 2. The Hall–Kier alpha value is -7.72. The summed E-state index contributed by atoms with van der Waals surface area (Å²) in [5.74, 6) is 2.40. The molecule has 8 rings (SSSR count). The standard InChI is InChI=1S/C49H44N8O2/c1-8-33-35(10-3)44(39-24-16-15-23-38(33)39)53-48(58)55-46-42(50-28(5)51-46)32-22-17-21-31(27-32)37-25-18-26-40-41(37)34(9-2)36(11-4)45(40)54-49(59)56-47-43(52-29(6)57(47)7)30-19-13-12-14-20-30/h8-27,44-45H,1-4H2,5-7H3,(H,50,51)(H2,53,55,58)(H2,54,56,59). The Morgan fingerprint density at radius 3 is 1.98 bits per heavy atom. The molecule has 2 aromatic heterocycles. The van der Waals surface area contributed by atoms with Gasteiger partial charge in [-0.1, -0.05) is 142 Å². The van der Waals surface area contributed by atoms with Crippen LogP contribution < -0.4 is 21.3 Å². The number of imidazole rings is 2. The lowest BCUT2D eigenvalue weighted by Gasteiger charge is -2.19. The number of aryl methyl sites for hydroxylation is 2. The Morgan fingerprint density at radius 2 is 1.25 bits per heavy atom. The van der Waals surface area contributed by atoms with Crippen LogP contribution in [0.5, 0.6) is 0 Å². The van der Waals surface area contributed by atoms with Gasteiger partial charge in [0.1, 0.15) is 23.2 Å². The average molecular weight is 777 g/mol. The van der Waals surface area contributed by atoms with Crippen LogP contribution in [0.25, 0.3) is 44.8 Å². The highest BCUT2D eigenvalue weighted by Crippen LogP contribution is 2.47. The molecule has 10 nitrogen and oxygen atoms in total. The number of hydrogen-bond donors (Lipinski definition) is 5. The zero-order valence-electron chi connectivity index (χ0n) is 33.2. The Balaban J connectivity index is 1.08. The number of allylic oxidation sites excluding steroid dienone is 4. The number of urea groups is 2. The van der Waals surface area contributed by atoms with Gasteiger partial charge in [-0.25, -0.2) is 19.6 Å². The molecular weight excluding hydrogens is 733 g/mol. The zero-order valence-corrected chi connectivity index (χ0v) is 33.2. The minimum absolute atomic E-state index is 0.383. The number of anilines is 2. The minimum Gasteiger partial charge on any atom is -0.340 e. The summed E-state index contributed by atoms with van der Waals surface area (Å²) in [5, 5.41) is 12.4. The van der Waals surface area contributed by atoms with E-state index in [9.17, 15) is 9.59 Å². The largest absolute Gasteiger partial charge is 0.340 e. The number of carbonyl (C=O) groups is 2. The van der Waals surface area contributed by atoms with Crippen molar-refractivity contribution in [3.05, 3.63) is 193 Å². The van der Waals surface area contributed by atoms with Gasteiger partial charge >= 0.3 is 12.1 Å². The van der Waals surface area contributed by atoms with Crippen LogP contribution in [0.15, 0.2) is 159 Å². The van der Waals surface area contributed by atoms with Gasteiger partial charge in [-0.3, -0.25) is 10.6 Å². The van der Waals surface area contributed by atoms with Crippen molar-refractivity contribution in [2.24, 2.45) is 7.05 Å². The number of aromatic nitrogens is 4. The highest BCUT2D eigenvalue weighted by atomic mass is 16.2. The van der Waals surface area contributed by atoms with E-state index >= 15 is 0 Å². The van der Waals surface area contributed by atoms with E-state index in [-0.39, 0.29) is 6.03 Å². The summed E-state index contributed by atoms with van der Waals surface area (Å²) >= 11 is 0. The van der Waals surface area contributed by atoms with Crippen LogP contribution in [0.3, 0.4) is 0 Å². The van der Waals surface area contributed by atoms with Crippen molar-refractivity contribution in [3.63, 3.8) is 0 Å². The Labute approximate surface area is 343 Å². The molecule has 2 heterocycles. The van der Waals surface area contributed by atoms with Crippen molar-refractivity contribution < 1.29 is 9.59 Å². The van der Waals surface area contributed by atoms with Crippen molar-refractivity contribution in [1.82, 2.24) is 30.2 Å². The molecule has 59 heavy (non-hydrogen) atoms. The van der Waals surface area contributed by atoms with Gasteiger partial charge in [0.25, 0.3) is 0 Å². The van der Waals surface area contributed by atoms with Gasteiger partial charge in [0.15, 0.2) is 5.82 Å². The molecule has 2 aliphatic carbocycles. The highest BCUT2D eigenvalue weighted by Gasteiger charge is 2.33. The van der Waals surface area contributed by atoms with Crippen molar-refractivity contribution in [1.29, 1.82) is 0 Å². The first-order valence-corrected chi connectivity index (χ1v) is 19.3. The van der Waals surface area contributed by atoms with Crippen molar-refractivity contribution in [3.8, 4) is 33.6 Å². The van der Waals surface area contributed by atoms with Crippen LogP contribution in [-0.4, -0.2) is 31.6 Å². The second kappa shape index (κ2) is 15.7. The molecule has 2 aliphatic rings. The number of rotatable bonds is 11. The molecule has 4 amide bonds. The zero-order chi connectivity index (χ0) is 41.4. The molecule has 0 fully saturated rings. The predicted molar refractivity (Wildman–Crippen MR) is 238 cm³/mol. The van der Waals surface area contributed by atoms with Gasteiger partial charge < -0.3 is 20.2 Å². The van der Waals surface area contributed by atoms with Crippen LogP contribution in [0.2, 0.25) is 0 Å². The van der Waals surface area contributed by atoms with Crippen LogP contribution in [0.4, 0.5) is 21.2 Å². The number of carbonyl (C=O) groups excluding carboxylic acids is 2. The summed E-state index contributed by atoms with van der Waals surface area (Å²) in [6.07, 6.45) is 7.15. The molecule has 4 aromatic carbocycles. The van der Waals surface area contributed by atoms with Gasteiger partial charge in [0.2, 0.25) is 0 Å². The van der Waals surface area contributed by atoms with E-state index in [0.29, 0.717) is 28.8 Å². The summed E-state index contributed by atoms with van der Waals surface area (Å²) in [4.78, 5) is 40.3. The molecular formula is C49H44N8O2. The van der Waals surface area contributed by atoms with E-state index in [1.54, 1.807) is 18.2 Å². The van der Waals surface area contributed by atoms with Crippen molar-refractivity contribution in [2.75, 3.05) is 10.6 Å². The highest BCUT2D eigenvalue weighted by molar-refractivity contribution is 5.99. The monoisotopic (exact) mass is 776 g/mol. The van der Waals surface area contributed by atoms with E-state index in [1.165, 1.54) is 0 Å². The summed E-state index contributed by atoms with van der Waals surface area (Å²) in [6, 6.07) is 30.1. The maximum Gasteiger partial charge on any atom is 0.321 e. The molecule has 5 N–H and O–H groups in total. The fourth-order valence-electron chi connectivity index (χ4n) is 8.24. The average Bonchev–Trinajstić information content (AvgIpc) is 3.96. The first-order chi connectivity index (χ1) is 28.6. The second-order valence-electron chi connectivity index (χ2n) is 14.4. The third-order valence-corrected chi connectivity index (χ3v) is 11.0. The lowest BCUT2D eigenvalue weighted by atomic mass is 9.92. The van der Waals surface area contributed by atoms with Crippen LogP contribution in [0.1, 0.15) is 46.0 Å². The number of benzene rings is 4. The Kier molecular flexibility index (Phi) is 10.1. The predicted octanol–water partition coefficient (Wildman–Crippen LogP) is 10.8. The number of aromatic amines is 1. The number of hydrogen-bond acceptors (Lipinski definition) is 4. The third-order valence-electron chi connectivity index (χ3n) is 11.0. The molecule has 292 valence electrons. The lowest BCUT2D eigenvalue weighted by Crippen LogP contribution is -2.33. The van der Waals surface area contributed by atoms with Gasteiger partial charge in [0.05, 0.1) is 17.8 Å². The fraction of sp³-hybridized carbons (Fsp3) is 0.102. The quantitative estimate of drug-likeness (QED) is 0.0897. The Morgan fingerprint density at radius 1 is 0.661 bits per heavy atom. The summed E-state index contributed by atoms with van der Waals surface area (Å²) in [7, 11) is 1.88. The SMILES string of the molecule is C=CC1=C(C=C)C(NC(=O)Nc2nc(C)[nH]c2-c2cccc(-c3cccc4c3C(C=C)=C(C=C)C4NC(=O)Nc3c(-c4ccccc4)nc(C)n3C)c2)c2ccccc21.